The lowest BCUT2D eigenvalue weighted by molar-refractivity contribution is -0.662. The summed E-state index contributed by atoms with van der Waals surface area (Å²) in [5, 5.41) is 34.4. The summed E-state index contributed by atoms with van der Waals surface area (Å²) in [7, 11) is 10.0. The molecule has 0 N–H and O–H groups in total. The molecule has 20 heteroatoms. The molecular formula is C116H82N15O5+5. The molecule has 0 amide bonds. The fourth-order valence-corrected chi connectivity index (χ4v) is 19.4. The third-order valence-electron chi connectivity index (χ3n) is 25.9. The van der Waals surface area contributed by atoms with E-state index in [9.17, 15) is 10.5 Å². The highest BCUT2D eigenvalue weighted by atomic mass is 16.3. The number of rotatable bonds is 5. The number of hydrogen-bond acceptors (Lipinski definition) is 12. The Morgan fingerprint density at radius 2 is 0.625 bits per heavy atom. The highest BCUT2D eigenvalue weighted by Gasteiger charge is 2.31. The largest absolute Gasteiger partial charge is 0.466 e. The molecule has 0 bridgehead atoms. The third-order valence-corrected chi connectivity index (χ3v) is 25.9. The molecule has 0 unspecified atom stereocenters. The summed E-state index contributed by atoms with van der Waals surface area (Å²) in [6, 6.07) is 92.4. The Balaban J connectivity index is 0.000000102. The quantitative estimate of drug-likeness (QED) is 0.116. The molecule has 15 aromatic carbocycles. The van der Waals surface area contributed by atoms with Gasteiger partial charge in [-0.3, -0.25) is 0 Å². The fourth-order valence-electron chi connectivity index (χ4n) is 19.4. The Bertz CT molecular complexity index is 9540. The Kier molecular flexibility index (Phi) is 21.1. The Labute approximate surface area is 779 Å². The zero-order chi connectivity index (χ0) is 93.6. The Morgan fingerprint density at radius 3 is 1.12 bits per heavy atom. The van der Waals surface area contributed by atoms with Crippen molar-refractivity contribution in [1.29, 1.82) is 10.5 Å². The number of aromatic nitrogens is 10. The first-order valence-electron chi connectivity index (χ1n) is 44.2. The number of fused-ring (bicyclic) bond motifs is 20. The molecule has 136 heavy (non-hydrogen) atoms. The summed E-state index contributed by atoms with van der Waals surface area (Å²) in [5.41, 5.74) is 32.8. The van der Waals surface area contributed by atoms with Gasteiger partial charge in [0, 0.05) is 53.9 Å². The van der Waals surface area contributed by atoms with Gasteiger partial charge in [0.25, 0.3) is 31.6 Å². The zero-order valence-electron chi connectivity index (χ0n) is 76.0. The predicted octanol–water partition coefficient (Wildman–Crippen LogP) is 26.4. The van der Waals surface area contributed by atoms with Crippen LogP contribution in [-0.4, -0.2) is 24.9 Å². The number of nitriles is 2. The van der Waals surface area contributed by atoms with Crippen LogP contribution >= 0.6 is 0 Å². The van der Waals surface area contributed by atoms with Crippen molar-refractivity contribution in [2.75, 3.05) is 0 Å². The summed E-state index contributed by atoms with van der Waals surface area (Å²) in [6.45, 7) is 34.6. The number of furan rings is 5. The maximum atomic E-state index is 9.72. The van der Waals surface area contributed by atoms with E-state index in [1.54, 1.807) is 12.1 Å². The number of aryl methyl sites for hydroxylation is 10. The summed E-state index contributed by atoms with van der Waals surface area (Å²) < 4.78 is 41.7. The molecule has 0 aliphatic heterocycles. The van der Waals surface area contributed by atoms with Gasteiger partial charge in [-0.15, -0.1) is 0 Å². The van der Waals surface area contributed by atoms with E-state index < -0.39 is 0 Å². The van der Waals surface area contributed by atoms with Crippen LogP contribution < -0.4 is 22.8 Å². The smallest absolute Gasteiger partial charge is 0.287 e. The van der Waals surface area contributed by atoms with E-state index in [1.807, 2.05) is 285 Å². The SMILES string of the molecule is Cc1cc(C#N)c2c(oc3ccccc32)c1-c1c2ccccc2nc[n+]1C.Cc1ccc2c(oc3cccc(C#N)c32)c1-c1c2ccccc2nc[n+]1C.[C-]#[N+]c1ccc2c(c1)oc1c(-c3c4ccccc4nc[n+]3C)c(C)ccc12.[C-]#[N+]c1ccc2oc3c(-c4c5ccccc5nc[n+]4C)c(C)ccc3c2c1.[C-]#[N+]c1cccc2c1oc1c(-c3c4ccccc4nc[n+]3C)c(C)c(C)cc12. The lowest BCUT2D eigenvalue weighted by atomic mass is 9.94. The zero-order valence-corrected chi connectivity index (χ0v) is 76.0. The average Bonchev–Trinajstić information content (AvgIpc) is 1.65. The van der Waals surface area contributed by atoms with E-state index in [0.717, 1.165) is 237 Å². The highest BCUT2D eigenvalue weighted by Crippen LogP contribution is 2.48. The fraction of sp³-hybridized carbons (Fsp3) is 0.0948. The van der Waals surface area contributed by atoms with Crippen molar-refractivity contribution in [1.82, 2.24) is 24.9 Å². The van der Waals surface area contributed by atoms with Crippen molar-refractivity contribution in [2.45, 2.75) is 41.5 Å². The van der Waals surface area contributed by atoms with Gasteiger partial charge in [-0.1, -0.05) is 158 Å². The van der Waals surface area contributed by atoms with Crippen LogP contribution in [0.15, 0.2) is 321 Å². The van der Waals surface area contributed by atoms with Crippen molar-refractivity contribution < 1.29 is 44.9 Å². The van der Waals surface area contributed by atoms with Gasteiger partial charge in [-0.2, -0.15) is 10.5 Å². The van der Waals surface area contributed by atoms with Gasteiger partial charge in [0.1, 0.15) is 84.3 Å². The molecule has 646 valence electrons. The molecule has 0 radical (unpaired) electrons. The van der Waals surface area contributed by atoms with E-state index in [-0.39, 0.29) is 0 Å². The van der Waals surface area contributed by atoms with Crippen molar-refractivity contribution in [3.63, 3.8) is 0 Å². The molecule has 0 aliphatic carbocycles. The summed E-state index contributed by atoms with van der Waals surface area (Å²) in [4.78, 5) is 33.4. The Morgan fingerprint density at radius 1 is 0.257 bits per heavy atom. The van der Waals surface area contributed by atoms with Gasteiger partial charge in [0.2, 0.25) is 5.69 Å². The number of hydrogen-bond donors (Lipinski definition) is 0. The maximum absolute atomic E-state index is 9.72. The summed E-state index contributed by atoms with van der Waals surface area (Å²) in [5.74, 6) is 0. The molecule has 25 aromatic rings. The highest BCUT2D eigenvalue weighted by molar-refractivity contribution is 6.19. The number of para-hydroxylation sites is 7. The van der Waals surface area contributed by atoms with Crippen LogP contribution in [0.1, 0.15) is 44.5 Å². The van der Waals surface area contributed by atoms with Gasteiger partial charge in [0.05, 0.1) is 133 Å². The second-order valence-electron chi connectivity index (χ2n) is 34.2. The molecule has 0 spiro atoms. The minimum Gasteiger partial charge on any atom is -0.466 e. The molecule has 0 atom stereocenters. The lowest BCUT2D eigenvalue weighted by Crippen LogP contribution is -2.32. The molecule has 10 aromatic heterocycles. The number of nitrogens with zero attached hydrogens (tertiary/aromatic N) is 15. The van der Waals surface area contributed by atoms with Crippen molar-refractivity contribution in [3.8, 4) is 68.4 Å². The molecule has 25 rings (SSSR count). The third kappa shape index (κ3) is 14.1. The van der Waals surface area contributed by atoms with E-state index in [1.165, 1.54) is 11.1 Å². The van der Waals surface area contributed by atoms with Crippen LogP contribution in [0.3, 0.4) is 0 Å². The van der Waals surface area contributed by atoms with Crippen molar-refractivity contribution in [3.05, 3.63) is 377 Å². The first-order chi connectivity index (χ1) is 66.3. The summed E-state index contributed by atoms with van der Waals surface area (Å²) >= 11 is 0. The predicted molar refractivity (Wildman–Crippen MR) is 535 cm³/mol. The molecule has 10 heterocycles. The topological polar surface area (TPSA) is 210 Å². The van der Waals surface area contributed by atoms with Gasteiger partial charge in [-0.05, 0) is 209 Å². The first kappa shape index (κ1) is 84.3. The molecule has 0 fully saturated rings. The van der Waals surface area contributed by atoms with Gasteiger partial charge >= 0.3 is 0 Å². The van der Waals surface area contributed by atoms with Crippen LogP contribution in [0.5, 0.6) is 0 Å². The maximum Gasteiger partial charge on any atom is 0.287 e. The second kappa shape index (κ2) is 34.1. The van der Waals surface area contributed by atoms with Crippen LogP contribution in [0.25, 0.3) is 235 Å². The van der Waals surface area contributed by atoms with Gasteiger partial charge in [0.15, 0.2) is 39.0 Å². The van der Waals surface area contributed by atoms with E-state index in [4.69, 9.17) is 41.8 Å². The monoisotopic (exact) mass is 1760 g/mol. The van der Waals surface area contributed by atoms with E-state index in [0.29, 0.717) is 33.8 Å². The molecule has 0 saturated carbocycles. The van der Waals surface area contributed by atoms with Crippen molar-refractivity contribution >= 4 is 181 Å². The Hall–Kier alpha value is -18.6. The lowest BCUT2D eigenvalue weighted by Gasteiger charge is -2.11. The second-order valence-corrected chi connectivity index (χ2v) is 34.2. The standard InChI is InChI=1S/C24H18N3O.4C23H16N3O/c1-14-12-18-16-9-7-11-20(25-3)23(16)28-24(18)21(15(14)2)22-17-8-5-6-10-19(17)26-13-27(22)4;1-14-8-10-17-16-11-9-15(24-2)12-20(16)27-23(17)21(14)22-18-6-4-5-7-19(18)25-13-26(22)3;1-14-8-10-16-18-12-15(24-2)9-11-20(18)27-23(16)21(14)22-17-6-4-5-7-19(17)25-13-26(22)3;1-14-11-15(12-24)21-17-8-4-6-10-19(17)27-23(21)20(14)22-16-7-3-5-9-18(16)25-13-26(22)2;1-14-10-11-17-21-15(12-24)6-5-9-19(21)27-23(17)20(14)22-16-7-3-4-8-18(16)25-13-26(22)2/h5-13H,1-2,4H3;2*4-13H,1,3H3;2*3-11,13H,1-2H3/q5*+1. The van der Waals surface area contributed by atoms with E-state index in [2.05, 4.69) is 153 Å². The van der Waals surface area contributed by atoms with Gasteiger partial charge in [-0.25, -0.2) is 37.4 Å². The molecule has 20 nitrogen and oxygen atoms in total. The minimum atomic E-state index is 0.541. The molecule has 0 saturated heterocycles. The molecule has 0 aliphatic rings. The van der Waals surface area contributed by atoms with Crippen LogP contribution in [0.4, 0.5) is 17.1 Å². The van der Waals surface area contributed by atoms with Crippen LogP contribution in [0.2, 0.25) is 0 Å². The van der Waals surface area contributed by atoms with Gasteiger partial charge < -0.3 is 22.1 Å². The summed E-state index contributed by atoms with van der Waals surface area (Å²) in [6.07, 6.45) is 9.19. The van der Waals surface area contributed by atoms with E-state index >= 15 is 0 Å². The van der Waals surface area contributed by atoms with Crippen LogP contribution in [0, 0.1) is 83.9 Å². The number of benzene rings is 15. The normalized spacial score (nSPS) is 11.3. The molecular weight excluding hydrogens is 1680 g/mol. The first-order valence-corrected chi connectivity index (χ1v) is 44.2. The average molecular weight is 1770 g/mol. The van der Waals surface area contributed by atoms with Crippen LogP contribution in [-0.2, 0) is 35.2 Å². The minimum absolute atomic E-state index is 0.541. The van der Waals surface area contributed by atoms with Crippen molar-refractivity contribution in [2.24, 2.45) is 35.2 Å².